The second-order valence-electron chi connectivity index (χ2n) is 3.70. The molecule has 0 atom stereocenters. The van der Waals surface area contributed by atoms with E-state index in [9.17, 15) is 4.21 Å². The molecule has 0 radical (unpaired) electrons. The van der Waals surface area contributed by atoms with Crippen molar-refractivity contribution in [3.8, 4) is 11.5 Å². The van der Waals surface area contributed by atoms with E-state index in [1.165, 1.54) is 0 Å². The van der Waals surface area contributed by atoms with Crippen LogP contribution < -0.4 is 9.47 Å². The van der Waals surface area contributed by atoms with Crippen LogP contribution in [-0.2, 0) is 9.73 Å². The molecule has 0 aromatic heterocycles. The quantitative estimate of drug-likeness (QED) is 0.815. The molecule has 1 aromatic carbocycles. The standard InChI is InChI=1S/C11H15NO3S/c1-14-10-6-9(7-11(8-10)15-2)12-16(13)4-3-5-16/h6-8H,3-5H2,1-2H3. The molecule has 1 aromatic rings. The molecule has 0 saturated carbocycles. The van der Waals surface area contributed by atoms with Crippen molar-refractivity contribution in [3.05, 3.63) is 18.2 Å². The predicted molar refractivity (Wildman–Crippen MR) is 64.1 cm³/mol. The molecule has 88 valence electrons. The average Bonchev–Trinajstić information content (AvgIpc) is 2.26. The van der Waals surface area contributed by atoms with Gasteiger partial charge >= 0.3 is 0 Å². The summed E-state index contributed by atoms with van der Waals surface area (Å²) in [6.07, 6.45) is 1.00. The minimum Gasteiger partial charge on any atom is -0.497 e. The fraction of sp³-hybridized carbons (Fsp3) is 0.455. The molecule has 2 rings (SSSR count). The zero-order valence-electron chi connectivity index (χ0n) is 9.43. The number of hydrogen-bond acceptors (Lipinski definition) is 4. The fourth-order valence-electron chi connectivity index (χ4n) is 1.52. The third-order valence-corrected chi connectivity index (χ3v) is 4.93. The van der Waals surface area contributed by atoms with E-state index in [0.717, 1.165) is 6.42 Å². The van der Waals surface area contributed by atoms with Gasteiger partial charge < -0.3 is 9.47 Å². The van der Waals surface area contributed by atoms with Crippen molar-refractivity contribution < 1.29 is 13.7 Å². The highest BCUT2D eigenvalue weighted by Gasteiger charge is 2.19. The second-order valence-corrected chi connectivity index (χ2v) is 6.24. The summed E-state index contributed by atoms with van der Waals surface area (Å²) in [6.45, 7) is 0. The summed E-state index contributed by atoms with van der Waals surface area (Å²) in [4.78, 5) is 0. The topological polar surface area (TPSA) is 47.9 Å². The highest BCUT2D eigenvalue weighted by molar-refractivity contribution is 7.95. The van der Waals surface area contributed by atoms with E-state index in [0.29, 0.717) is 28.7 Å². The van der Waals surface area contributed by atoms with E-state index < -0.39 is 9.73 Å². The van der Waals surface area contributed by atoms with Crippen LogP contribution in [0.2, 0.25) is 0 Å². The Morgan fingerprint density at radius 2 is 1.69 bits per heavy atom. The lowest BCUT2D eigenvalue weighted by Crippen LogP contribution is -2.22. The first kappa shape index (κ1) is 11.3. The first-order valence-corrected chi connectivity index (χ1v) is 6.96. The average molecular weight is 241 g/mol. The minimum atomic E-state index is -1.98. The molecule has 0 aliphatic carbocycles. The second kappa shape index (κ2) is 4.33. The van der Waals surface area contributed by atoms with Gasteiger partial charge in [-0.25, -0.2) is 4.21 Å². The van der Waals surface area contributed by atoms with Crippen LogP contribution in [0.3, 0.4) is 0 Å². The Bertz CT molecular complexity index is 472. The van der Waals surface area contributed by atoms with Crippen LogP contribution in [0.25, 0.3) is 0 Å². The maximum absolute atomic E-state index is 12.0. The van der Waals surface area contributed by atoms with Gasteiger partial charge in [-0.05, 0) is 6.42 Å². The molecule has 0 unspecified atom stereocenters. The Balaban J connectivity index is 2.40. The van der Waals surface area contributed by atoms with E-state index >= 15 is 0 Å². The highest BCUT2D eigenvalue weighted by atomic mass is 32.2. The lowest BCUT2D eigenvalue weighted by molar-refractivity contribution is 0.394. The normalized spacial score (nSPS) is 17.4. The van der Waals surface area contributed by atoms with Gasteiger partial charge in [0.25, 0.3) is 0 Å². The summed E-state index contributed by atoms with van der Waals surface area (Å²) >= 11 is 0. The van der Waals surface area contributed by atoms with Crippen LogP contribution in [0.1, 0.15) is 6.42 Å². The van der Waals surface area contributed by atoms with E-state index in [1.54, 1.807) is 32.4 Å². The molecular weight excluding hydrogens is 226 g/mol. The first-order valence-electron chi connectivity index (χ1n) is 5.11. The molecule has 4 nitrogen and oxygen atoms in total. The summed E-state index contributed by atoms with van der Waals surface area (Å²) in [6, 6.07) is 5.31. The predicted octanol–water partition coefficient (Wildman–Crippen LogP) is 2.21. The van der Waals surface area contributed by atoms with E-state index in [4.69, 9.17) is 9.47 Å². The molecule has 0 bridgehead atoms. The number of methoxy groups -OCH3 is 2. The van der Waals surface area contributed by atoms with Crippen molar-refractivity contribution in [2.24, 2.45) is 4.36 Å². The molecule has 1 saturated heterocycles. The van der Waals surface area contributed by atoms with Gasteiger partial charge in [-0.3, -0.25) is 0 Å². The van der Waals surface area contributed by atoms with Gasteiger partial charge in [0.2, 0.25) is 0 Å². The molecule has 0 amide bonds. The third-order valence-electron chi connectivity index (χ3n) is 2.53. The molecular formula is C11H15NO3S. The number of nitrogens with zero attached hydrogens (tertiary/aromatic N) is 1. The molecule has 16 heavy (non-hydrogen) atoms. The fourth-order valence-corrected chi connectivity index (χ4v) is 2.97. The smallest absolute Gasteiger partial charge is 0.124 e. The van der Waals surface area contributed by atoms with E-state index in [1.807, 2.05) is 0 Å². The van der Waals surface area contributed by atoms with Crippen LogP contribution >= 0.6 is 0 Å². The lowest BCUT2D eigenvalue weighted by Gasteiger charge is -2.18. The van der Waals surface area contributed by atoms with Crippen molar-refractivity contribution in [2.45, 2.75) is 6.42 Å². The van der Waals surface area contributed by atoms with Crippen LogP contribution in [0, 0.1) is 0 Å². The van der Waals surface area contributed by atoms with Gasteiger partial charge in [0, 0.05) is 29.7 Å². The van der Waals surface area contributed by atoms with Crippen molar-refractivity contribution in [2.75, 3.05) is 25.7 Å². The third kappa shape index (κ3) is 2.29. The molecule has 5 heteroatoms. The summed E-state index contributed by atoms with van der Waals surface area (Å²) in [5, 5.41) is 0. The van der Waals surface area contributed by atoms with E-state index in [-0.39, 0.29) is 0 Å². The van der Waals surface area contributed by atoms with Crippen LogP contribution in [0.4, 0.5) is 5.69 Å². The first-order chi connectivity index (χ1) is 7.65. The molecule has 1 fully saturated rings. The highest BCUT2D eigenvalue weighted by Crippen LogP contribution is 2.30. The minimum absolute atomic E-state index is 0.667. The van der Waals surface area contributed by atoms with Crippen molar-refractivity contribution >= 4 is 15.4 Å². The van der Waals surface area contributed by atoms with E-state index in [2.05, 4.69) is 4.36 Å². The van der Waals surface area contributed by atoms with Gasteiger partial charge in [0.05, 0.1) is 29.6 Å². The Kier molecular flexibility index (Phi) is 3.05. The summed E-state index contributed by atoms with van der Waals surface area (Å²) < 4.78 is 26.5. The van der Waals surface area contributed by atoms with Crippen molar-refractivity contribution in [1.29, 1.82) is 0 Å². The number of ether oxygens (including phenoxy) is 2. The largest absolute Gasteiger partial charge is 0.497 e. The Morgan fingerprint density at radius 3 is 2.06 bits per heavy atom. The number of hydrogen-bond donors (Lipinski definition) is 0. The van der Waals surface area contributed by atoms with Gasteiger partial charge in [-0.2, -0.15) is 4.36 Å². The van der Waals surface area contributed by atoms with Gasteiger partial charge in [0.15, 0.2) is 0 Å². The molecule has 1 aliphatic heterocycles. The van der Waals surface area contributed by atoms with Crippen LogP contribution in [0.5, 0.6) is 11.5 Å². The molecule has 0 spiro atoms. The summed E-state index contributed by atoms with van der Waals surface area (Å²) in [7, 11) is 1.19. The molecule has 1 heterocycles. The lowest BCUT2D eigenvalue weighted by atomic mass is 10.3. The zero-order chi connectivity index (χ0) is 11.6. The number of rotatable bonds is 3. The Labute approximate surface area is 95.8 Å². The number of benzene rings is 1. The summed E-state index contributed by atoms with van der Waals surface area (Å²) in [5.74, 6) is 2.74. The zero-order valence-corrected chi connectivity index (χ0v) is 10.3. The molecule has 0 N–H and O–H groups in total. The molecule has 1 aliphatic rings. The van der Waals surface area contributed by atoms with Crippen LogP contribution in [0.15, 0.2) is 22.6 Å². The maximum Gasteiger partial charge on any atom is 0.124 e. The van der Waals surface area contributed by atoms with Gasteiger partial charge in [-0.1, -0.05) is 0 Å². The Hall–Kier alpha value is -1.23. The summed E-state index contributed by atoms with van der Waals surface area (Å²) in [5.41, 5.74) is 0.668. The maximum atomic E-state index is 12.0. The SMILES string of the molecule is COc1cc(N=S2(=O)CCC2)cc(OC)c1. The monoisotopic (exact) mass is 241 g/mol. The van der Waals surface area contributed by atoms with Crippen molar-refractivity contribution in [3.63, 3.8) is 0 Å². The van der Waals surface area contributed by atoms with Gasteiger partial charge in [-0.15, -0.1) is 0 Å². The Morgan fingerprint density at radius 1 is 1.12 bits per heavy atom. The van der Waals surface area contributed by atoms with Crippen molar-refractivity contribution in [1.82, 2.24) is 0 Å². The van der Waals surface area contributed by atoms with Gasteiger partial charge in [0.1, 0.15) is 11.5 Å². The van der Waals surface area contributed by atoms with Crippen LogP contribution in [-0.4, -0.2) is 29.9 Å².